The fourth-order valence-corrected chi connectivity index (χ4v) is 4.75. The minimum atomic E-state index is -1.08. The van der Waals surface area contributed by atoms with E-state index in [9.17, 15) is 19.2 Å². The number of nitrogens with two attached hydrogens (primary N) is 1. The van der Waals surface area contributed by atoms with Gasteiger partial charge in [0.2, 0.25) is 0 Å². The van der Waals surface area contributed by atoms with Crippen LogP contribution in [0.25, 0.3) is 22.3 Å². The van der Waals surface area contributed by atoms with Gasteiger partial charge >= 0.3 is 23.9 Å². The Labute approximate surface area is 248 Å². The van der Waals surface area contributed by atoms with Crippen molar-refractivity contribution in [2.45, 2.75) is 38.1 Å². The number of hydrogen-bond donors (Lipinski definition) is 5. The Morgan fingerprint density at radius 2 is 0.674 bits per heavy atom. The molecule has 9 nitrogen and oxygen atoms in total. The first-order valence-electron chi connectivity index (χ1n) is 13.7. The first kappa shape index (κ1) is 32.2. The SMILES string of the molecule is NC1CCCCC1.O=C(O)c1ccccc1-c1ccccc1C(=O)O.O=C(O)c1ccccc1-c1ccccc1C(=O)O. The van der Waals surface area contributed by atoms with Gasteiger partial charge in [-0.1, -0.05) is 92.1 Å². The van der Waals surface area contributed by atoms with Gasteiger partial charge in [-0.2, -0.15) is 0 Å². The lowest BCUT2D eigenvalue weighted by molar-refractivity contribution is 0.0684. The van der Waals surface area contributed by atoms with E-state index in [0.717, 1.165) is 0 Å². The van der Waals surface area contributed by atoms with Crippen LogP contribution >= 0.6 is 0 Å². The van der Waals surface area contributed by atoms with Gasteiger partial charge in [0.05, 0.1) is 22.3 Å². The molecule has 222 valence electrons. The number of aromatic carboxylic acids is 4. The Hall–Kier alpha value is -5.28. The Kier molecular flexibility index (Phi) is 11.7. The highest BCUT2D eigenvalue weighted by Gasteiger charge is 2.17. The molecular weight excluding hydrogens is 550 g/mol. The summed E-state index contributed by atoms with van der Waals surface area (Å²) in [6.07, 6.45) is 6.66. The molecule has 0 aliphatic heterocycles. The molecule has 1 saturated carbocycles. The molecule has 9 heteroatoms. The molecule has 0 aromatic heterocycles. The van der Waals surface area contributed by atoms with Crippen molar-refractivity contribution in [1.29, 1.82) is 0 Å². The van der Waals surface area contributed by atoms with E-state index in [4.69, 9.17) is 26.2 Å². The molecule has 1 aliphatic carbocycles. The van der Waals surface area contributed by atoms with Crippen LogP contribution in [0.4, 0.5) is 0 Å². The van der Waals surface area contributed by atoms with E-state index < -0.39 is 23.9 Å². The molecule has 0 radical (unpaired) electrons. The average molecular weight is 584 g/mol. The lowest BCUT2D eigenvalue weighted by Crippen LogP contribution is -2.22. The van der Waals surface area contributed by atoms with E-state index in [1.807, 2.05) is 0 Å². The smallest absolute Gasteiger partial charge is 0.336 e. The van der Waals surface area contributed by atoms with Gasteiger partial charge < -0.3 is 26.2 Å². The van der Waals surface area contributed by atoms with Crippen molar-refractivity contribution in [3.05, 3.63) is 119 Å². The number of carboxylic acid groups (broad SMARTS) is 4. The minimum Gasteiger partial charge on any atom is -0.478 e. The van der Waals surface area contributed by atoms with Gasteiger partial charge in [-0.05, 0) is 59.4 Å². The highest BCUT2D eigenvalue weighted by molar-refractivity contribution is 6.03. The topological polar surface area (TPSA) is 175 Å². The molecule has 1 aliphatic rings. The van der Waals surface area contributed by atoms with E-state index in [2.05, 4.69) is 0 Å². The predicted molar refractivity (Wildman–Crippen MR) is 163 cm³/mol. The van der Waals surface area contributed by atoms with Crippen molar-refractivity contribution >= 4 is 23.9 Å². The van der Waals surface area contributed by atoms with Crippen molar-refractivity contribution in [3.8, 4) is 22.3 Å². The molecule has 43 heavy (non-hydrogen) atoms. The van der Waals surface area contributed by atoms with Crippen LogP contribution in [0.2, 0.25) is 0 Å². The highest BCUT2D eigenvalue weighted by atomic mass is 16.4. The van der Waals surface area contributed by atoms with Crippen LogP contribution < -0.4 is 5.73 Å². The van der Waals surface area contributed by atoms with Crippen molar-refractivity contribution in [1.82, 2.24) is 0 Å². The van der Waals surface area contributed by atoms with Crippen molar-refractivity contribution < 1.29 is 39.6 Å². The summed E-state index contributed by atoms with van der Waals surface area (Å²) in [7, 11) is 0. The summed E-state index contributed by atoms with van der Waals surface area (Å²) in [6.45, 7) is 0. The standard InChI is InChI=1S/2C14H10O4.C6H13N/c2*15-13(16)11-7-3-1-5-9(11)10-6-2-4-8-12(10)14(17)18;7-6-4-2-1-3-5-6/h2*1-8H,(H,15,16)(H,17,18);6H,1-5,7H2. The van der Waals surface area contributed by atoms with Crippen LogP contribution in [0.15, 0.2) is 97.1 Å². The Balaban J connectivity index is 0.000000193. The molecule has 0 unspecified atom stereocenters. The second kappa shape index (κ2) is 15.6. The third-order valence-electron chi connectivity index (χ3n) is 6.86. The molecule has 1 fully saturated rings. The molecule has 0 saturated heterocycles. The maximum Gasteiger partial charge on any atom is 0.336 e. The van der Waals surface area contributed by atoms with Crippen LogP contribution in [0.5, 0.6) is 0 Å². The van der Waals surface area contributed by atoms with Crippen molar-refractivity contribution in [2.24, 2.45) is 5.73 Å². The summed E-state index contributed by atoms with van der Waals surface area (Å²) < 4.78 is 0. The van der Waals surface area contributed by atoms with Crippen LogP contribution in [-0.4, -0.2) is 50.3 Å². The lowest BCUT2D eigenvalue weighted by atomic mass is 9.95. The molecular formula is C34H33NO8. The second-order valence-corrected chi connectivity index (χ2v) is 9.80. The largest absolute Gasteiger partial charge is 0.478 e. The van der Waals surface area contributed by atoms with Crippen molar-refractivity contribution in [2.75, 3.05) is 0 Å². The molecule has 0 heterocycles. The number of benzene rings is 4. The maximum atomic E-state index is 11.1. The Morgan fingerprint density at radius 3 is 0.860 bits per heavy atom. The summed E-state index contributed by atoms with van der Waals surface area (Å²) in [5.74, 6) is -4.31. The second-order valence-electron chi connectivity index (χ2n) is 9.80. The summed E-state index contributed by atoms with van der Waals surface area (Å²) in [4.78, 5) is 44.5. The maximum absolute atomic E-state index is 11.1. The summed E-state index contributed by atoms with van der Waals surface area (Å²) >= 11 is 0. The molecule has 0 amide bonds. The van der Waals surface area contributed by atoms with E-state index in [1.165, 1.54) is 56.4 Å². The number of carboxylic acids is 4. The molecule has 5 rings (SSSR count). The summed E-state index contributed by atoms with van der Waals surface area (Å²) in [6, 6.07) is 25.9. The fourth-order valence-electron chi connectivity index (χ4n) is 4.75. The van der Waals surface area contributed by atoms with Crippen LogP contribution in [0.3, 0.4) is 0 Å². The van der Waals surface area contributed by atoms with E-state index >= 15 is 0 Å². The van der Waals surface area contributed by atoms with E-state index in [-0.39, 0.29) is 22.3 Å². The number of rotatable bonds is 6. The zero-order valence-corrected chi connectivity index (χ0v) is 23.3. The lowest BCUT2D eigenvalue weighted by Gasteiger charge is -2.15. The average Bonchev–Trinajstić information content (AvgIpc) is 3.02. The van der Waals surface area contributed by atoms with Crippen LogP contribution in [0, 0.1) is 0 Å². The third kappa shape index (κ3) is 8.85. The molecule has 0 atom stereocenters. The van der Waals surface area contributed by atoms with Crippen LogP contribution in [-0.2, 0) is 0 Å². The number of carbonyl (C=O) groups is 4. The Bertz CT molecular complexity index is 1370. The van der Waals surface area contributed by atoms with Gasteiger partial charge in [0, 0.05) is 6.04 Å². The molecule has 0 spiro atoms. The number of hydrogen-bond acceptors (Lipinski definition) is 5. The van der Waals surface area contributed by atoms with Crippen LogP contribution in [0.1, 0.15) is 73.5 Å². The minimum absolute atomic E-state index is 0.0891. The molecule has 4 aromatic carbocycles. The molecule has 6 N–H and O–H groups in total. The monoisotopic (exact) mass is 583 g/mol. The zero-order chi connectivity index (χ0) is 31.4. The van der Waals surface area contributed by atoms with Gasteiger partial charge in [0.15, 0.2) is 0 Å². The molecule has 4 aromatic rings. The van der Waals surface area contributed by atoms with Gasteiger partial charge in [0.25, 0.3) is 0 Å². The van der Waals surface area contributed by atoms with E-state index in [0.29, 0.717) is 28.3 Å². The van der Waals surface area contributed by atoms with E-state index in [1.54, 1.807) is 72.8 Å². The van der Waals surface area contributed by atoms with Gasteiger partial charge in [-0.3, -0.25) is 0 Å². The summed E-state index contributed by atoms with van der Waals surface area (Å²) in [5, 5.41) is 36.4. The first-order valence-corrected chi connectivity index (χ1v) is 13.7. The quantitative estimate of drug-likeness (QED) is 0.164. The van der Waals surface area contributed by atoms with Gasteiger partial charge in [0.1, 0.15) is 0 Å². The van der Waals surface area contributed by atoms with Crippen molar-refractivity contribution in [3.63, 3.8) is 0 Å². The predicted octanol–water partition coefficient (Wildman–Crippen LogP) is 6.78. The summed E-state index contributed by atoms with van der Waals surface area (Å²) in [5.41, 5.74) is 7.61. The highest BCUT2D eigenvalue weighted by Crippen LogP contribution is 2.28. The van der Waals surface area contributed by atoms with Gasteiger partial charge in [-0.25, -0.2) is 19.2 Å². The fraction of sp³-hybridized carbons (Fsp3) is 0.176. The third-order valence-corrected chi connectivity index (χ3v) is 6.86. The zero-order valence-electron chi connectivity index (χ0n) is 23.3. The normalized spacial score (nSPS) is 12.5. The first-order chi connectivity index (χ1) is 20.6. The van der Waals surface area contributed by atoms with Gasteiger partial charge in [-0.15, -0.1) is 0 Å². The molecule has 0 bridgehead atoms. The Morgan fingerprint density at radius 1 is 0.442 bits per heavy atom.